The molecule has 0 bridgehead atoms. The predicted molar refractivity (Wildman–Crippen MR) is 101 cm³/mol. The molecule has 0 amide bonds. The van der Waals surface area contributed by atoms with Crippen LogP contribution in [0.3, 0.4) is 0 Å². The molecule has 0 saturated carbocycles. The van der Waals surface area contributed by atoms with Crippen LogP contribution in [0.1, 0.15) is 0 Å². The molecule has 0 atom stereocenters. The first-order valence-electron chi connectivity index (χ1n) is 7.79. The Hall–Kier alpha value is -2.77. The highest BCUT2D eigenvalue weighted by Gasteiger charge is 2.20. The van der Waals surface area contributed by atoms with Gasteiger partial charge in [-0.25, -0.2) is 0 Å². The van der Waals surface area contributed by atoms with Crippen LogP contribution in [0.5, 0.6) is 0 Å². The molecule has 1 heterocycles. The van der Waals surface area contributed by atoms with Gasteiger partial charge in [0.2, 0.25) is 0 Å². The molecule has 3 nitrogen and oxygen atoms in total. The Labute approximate surface area is 142 Å². The van der Waals surface area contributed by atoms with E-state index in [2.05, 4.69) is 100 Å². The second kappa shape index (κ2) is 6.77. The normalized spacial score (nSPS) is 10.9. The zero-order valence-corrected chi connectivity index (χ0v) is 13.9. The van der Waals surface area contributed by atoms with Gasteiger partial charge in [-0.1, -0.05) is 84.9 Å². The first-order valence-corrected chi connectivity index (χ1v) is 9.13. The van der Waals surface area contributed by atoms with Gasteiger partial charge in [-0.2, -0.15) is 15.4 Å². The standard InChI is InChI=1S/C20H16N3P/c1-3-9-16(10-4-1)24(17-11-5-2-6-12-17)20-14-8-7-13-18(20)19-15-21-23-22-19/h1-15H,(H,21,22,23). The maximum absolute atomic E-state index is 4.29. The summed E-state index contributed by atoms with van der Waals surface area (Å²) in [6.45, 7) is 0. The molecule has 0 spiro atoms. The smallest absolute Gasteiger partial charge is 0.113 e. The van der Waals surface area contributed by atoms with E-state index in [1.54, 1.807) is 6.20 Å². The minimum atomic E-state index is -0.653. The molecule has 0 aliphatic heterocycles. The van der Waals surface area contributed by atoms with Crippen LogP contribution in [0.25, 0.3) is 11.3 Å². The van der Waals surface area contributed by atoms with E-state index in [1.807, 2.05) is 0 Å². The number of nitrogens with one attached hydrogen (secondary N) is 1. The number of hydrogen-bond acceptors (Lipinski definition) is 2. The topological polar surface area (TPSA) is 41.6 Å². The molecule has 0 saturated heterocycles. The van der Waals surface area contributed by atoms with Crippen molar-refractivity contribution in [3.05, 3.63) is 91.1 Å². The first kappa shape index (κ1) is 14.8. The summed E-state index contributed by atoms with van der Waals surface area (Å²) in [4.78, 5) is 0. The molecule has 4 heteroatoms. The maximum Gasteiger partial charge on any atom is 0.113 e. The number of rotatable bonds is 4. The highest BCUT2D eigenvalue weighted by atomic mass is 31.1. The third kappa shape index (κ3) is 2.86. The molecule has 1 N–H and O–H groups in total. The van der Waals surface area contributed by atoms with E-state index in [4.69, 9.17) is 0 Å². The van der Waals surface area contributed by atoms with E-state index in [0.29, 0.717) is 0 Å². The van der Waals surface area contributed by atoms with Crippen LogP contribution in [0.15, 0.2) is 91.1 Å². The fourth-order valence-electron chi connectivity index (χ4n) is 2.80. The average molecular weight is 329 g/mol. The Morgan fingerprint density at radius 3 is 1.83 bits per heavy atom. The van der Waals surface area contributed by atoms with Gasteiger partial charge in [0, 0.05) is 5.56 Å². The van der Waals surface area contributed by atoms with E-state index in [1.165, 1.54) is 15.9 Å². The van der Waals surface area contributed by atoms with Crippen molar-refractivity contribution < 1.29 is 0 Å². The number of benzene rings is 3. The van der Waals surface area contributed by atoms with Crippen molar-refractivity contribution in [1.82, 2.24) is 15.4 Å². The van der Waals surface area contributed by atoms with E-state index in [0.717, 1.165) is 11.3 Å². The molecule has 24 heavy (non-hydrogen) atoms. The van der Waals surface area contributed by atoms with Crippen LogP contribution >= 0.6 is 7.92 Å². The molecule has 3 aromatic carbocycles. The summed E-state index contributed by atoms with van der Waals surface area (Å²) in [5.41, 5.74) is 2.01. The molecule has 0 unspecified atom stereocenters. The molecule has 0 aliphatic rings. The van der Waals surface area contributed by atoms with Crippen molar-refractivity contribution >= 4 is 23.8 Å². The summed E-state index contributed by atoms with van der Waals surface area (Å²) in [6, 6.07) is 29.8. The molecule has 0 fully saturated rings. The van der Waals surface area contributed by atoms with Gasteiger partial charge >= 0.3 is 0 Å². The van der Waals surface area contributed by atoms with Crippen LogP contribution < -0.4 is 15.9 Å². The molecule has 116 valence electrons. The summed E-state index contributed by atoms with van der Waals surface area (Å²) >= 11 is 0. The lowest BCUT2D eigenvalue weighted by Crippen LogP contribution is -2.22. The van der Waals surface area contributed by atoms with Gasteiger partial charge in [-0.3, -0.25) is 0 Å². The summed E-state index contributed by atoms with van der Waals surface area (Å²) in [5, 5.41) is 14.9. The van der Waals surface area contributed by atoms with Gasteiger partial charge in [-0.05, 0) is 23.8 Å². The van der Waals surface area contributed by atoms with Gasteiger partial charge in [0.25, 0.3) is 0 Å². The highest BCUT2D eigenvalue weighted by molar-refractivity contribution is 7.80. The Balaban J connectivity index is 1.93. The van der Waals surface area contributed by atoms with Gasteiger partial charge in [0.05, 0.1) is 6.20 Å². The molecule has 4 rings (SSSR count). The van der Waals surface area contributed by atoms with Crippen molar-refractivity contribution in [2.45, 2.75) is 0 Å². The van der Waals surface area contributed by atoms with E-state index >= 15 is 0 Å². The fourth-order valence-corrected chi connectivity index (χ4v) is 5.26. The van der Waals surface area contributed by atoms with Crippen LogP contribution in [0.4, 0.5) is 0 Å². The molecule has 0 aliphatic carbocycles. The SMILES string of the molecule is c1ccc(P(c2ccccc2)c2ccccc2-c2cn[nH]n2)cc1. The van der Waals surface area contributed by atoms with Crippen molar-refractivity contribution in [2.75, 3.05) is 0 Å². The van der Waals surface area contributed by atoms with Gasteiger partial charge < -0.3 is 0 Å². The zero-order valence-electron chi connectivity index (χ0n) is 13.0. The maximum atomic E-state index is 4.29. The average Bonchev–Trinajstić information content (AvgIpc) is 3.19. The monoisotopic (exact) mass is 329 g/mol. The van der Waals surface area contributed by atoms with Gasteiger partial charge in [0.15, 0.2) is 0 Å². The molecular weight excluding hydrogens is 313 g/mol. The predicted octanol–water partition coefficient (Wildman–Crippen LogP) is 3.23. The largest absolute Gasteiger partial charge is 0.197 e. The Kier molecular flexibility index (Phi) is 4.18. The summed E-state index contributed by atoms with van der Waals surface area (Å²) in [6.07, 6.45) is 1.78. The third-order valence-electron chi connectivity index (χ3n) is 3.86. The minimum absolute atomic E-state index is 0.653. The van der Waals surface area contributed by atoms with Crippen molar-refractivity contribution in [2.24, 2.45) is 0 Å². The summed E-state index contributed by atoms with van der Waals surface area (Å²) in [7, 11) is -0.653. The zero-order chi connectivity index (χ0) is 16.2. The summed E-state index contributed by atoms with van der Waals surface area (Å²) in [5.74, 6) is 0. The lowest BCUT2D eigenvalue weighted by Gasteiger charge is -2.21. The van der Waals surface area contributed by atoms with E-state index < -0.39 is 7.92 Å². The van der Waals surface area contributed by atoms with E-state index in [9.17, 15) is 0 Å². The second-order valence-electron chi connectivity index (χ2n) is 5.38. The van der Waals surface area contributed by atoms with Crippen LogP contribution in [-0.4, -0.2) is 15.4 Å². The number of aromatic amines is 1. The van der Waals surface area contributed by atoms with Crippen LogP contribution in [0.2, 0.25) is 0 Å². The van der Waals surface area contributed by atoms with Crippen molar-refractivity contribution in [3.8, 4) is 11.3 Å². The molecular formula is C20H16N3P. The number of H-pyrrole nitrogens is 1. The third-order valence-corrected chi connectivity index (χ3v) is 6.37. The van der Waals surface area contributed by atoms with E-state index in [-0.39, 0.29) is 0 Å². The Bertz CT molecular complexity index is 867. The number of aromatic nitrogens is 3. The van der Waals surface area contributed by atoms with Crippen molar-refractivity contribution in [1.29, 1.82) is 0 Å². The highest BCUT2D eigenvalue weighted by Crippen LogP contribution is 2.36. The van der Waals surface area contributed by atoms with Gasteiger partial charge in [-0.15, -0.1) is 0 Å². The first-order chi connectivity index (χ1) is 11.9. The Morgan fingerprint density at radius 1 is 0.667 bits per heavy atom. The fraction of sp³-hybridized carbons (Fsp3) is 0. The minimum Gasteiger partial charge on any atom is -0.197 e. The molecule has 4 aromatic rings. The quantitative estimate of drug-likeness (QED) is 0.584. The molecule has 1 aromatic heterocycles. The van der Waals surface area contributed by atoms with Crippen LogP contribution in [0, 0.1) is 0 Å². The van der Waals surface area contributed by atoms with Gasteiger partial charge in [0.1, 0.15) is 5.69 Å². The second-order valence-corrected chi connectivity index (χ2v) is 7.56. The molecule has 0 radical (unpaired) electrons. The lowest BCUT2D eigenvalue weighted by molar-refractivity contribution is 0.942. The number of nitrogens with zero attached hydrogens (tertiary/aromatic N) is 2. The lowest BCUT2D eigenvalue weighted by atomic mass is 10.2. The summed E-state index contributed by atoms with van der Waals surface area (Å²) < 4.78 is 0. The Morgan fingerprint density at radius 2 is 1.25 bits per heavy atom. The number of hydrogen-bond donors (Lipinski definition) is 1. The van der Waals surface area contributed by atoms with Crippen LogP contribution in [-0.2, 0) is 0 Å². The van der Waals surface area contributed by atoms with Crippen molar-refractivity contribution in [3.63, 3.8) is 0 Å².